The maximum atomic E-state index is 13.6. The van der Waals surface area contributed by atoms with Gasteiger partial charge in [0, 0.05) is 0 Å². The predicted octanol–water partition coefficient (Wildman–Crippen LogP) is 2.19. The molecule has 1 aliphatic heterocycles. The Balaban J connectivity index is 2.15. The fourth-order valence-corrected chi connectivity index (χ4v) is 2.74. The van der Waals surface area contributed by atoms with E-state index < -0.39 is 17.0 Å². The van der Waals surface area contributed by atoms with Gasteiger partial charge in [-0.15, -0.1) is 11.8 Å². The predicted molar refractivity (Wildman–Crippen MR) is 65.9 cm³/mol. The van der Waals surface area contributed by atoms with Crippen molar-refractivity contribution in [1.82, 2.24) is 0 Å². The number of thioether (sulfide) groups is 1. The van der Waals surface area contributed by atoms with Gasteiger partial charge in [-0.05, 0) is 19.1 Å². The molecular formula is C12H12FNO3S. The van der Waals surface area contributed by atoms with Gasteiger partial charge in [-0.25, -0.2) is 4.39 Å². The summed E-state index contributed by atoms with van der Waals surface area (Å²) in [6.45, 7) is 1.96. The second kappa shape index (κ2) is 5.39. The third-order valence-corrected chi connectivity index (χ3v) is 3.75. The molecule has 0 aliphatic carbocycles. The third-order valence-electron chi connectivity index (χ3n) is 2.43. The van der Waals surface area contributed by atoms with E-state index in [1.54, 1.807) is 13.0 Å². The van der Waals surface area contributed by atoms with Crippen molar-refractivity contribution in [2.75, 3.05) is 11.9 Å². The summed E-state index contributed by atoms with van der Waals surface area (Å²) < 4.78 is 18.4. The van der Waals surface area contributed by atoms with Crippen LogP contribution in [0.3, 0.4) is 0 Å². The van der Waals surface area contributed by atoms with Crippen LogP contribution in [-0.2, 0) is 14.3 Å². The molecule has 0 fully saturated rings. The first-order valence-electron chi connectivity index (χ1n) is 5.53. The van der Waals surface area contributed by atoms with E-state index in [9.17, 15) is 14.0 Å². The Hall–Kier alpha value is -1.56. The van der Waals surface area contributed by atoms with Crippen LogP contribution < -0.4 is 5.32 Å². The van der Waals surface area contributed by atoms with Crippen molar-refractivity contribution in [3.63, 3.8) is 0 Å². The zero-order valence-corrected chi connectivity index (χ0v) is 10.6. The molecule has 2 rings (SSSR count). The smallest absolute Gasteiger partial charge is 0.307 e. The number of fused-ring (bicyclic) bond motifs is 1. The van der Waals surface area contributed by atoms with E-state index in [1.807, 2.05) is 0 Å². The molecule has 1 aromatic rings. The van der Waals surface area contributed by atoms with Gasteiger partial charge in [-0.1, -0.05) is 6.07 Å². The number of ether oxygens (including phenoxy) is 1. The number of anilines is 1. The minimum absolute atomic E-state index is 0.0574. The van der Waals surface area contributed by atoms with Crippen molar-refractivity contribution in [2.45, 2.75) is 23.5 Å². The van der Waals surface area contributed by atoms with E-state index in [0.29, 0.717) is 10.6 Å². The van der Waals surface area contributed by atoms with Gasteiger partial charge in [0.15, 0.2) is 0 Å². The zero-order chi connectivity index (χ0) is 13.1. The largest absolute Gasteiger partial charge is 0.466 e. The average Bonchev–Trinajstić information content (AvgIpc) is 2.31. The molecule has 6 heteroatoms. The Morgan fingerprint density at radius 3 is 3.06 bits per heavy atom. The first kappa shape index (κ1) is 12.9. The topological polar surface area (TPSA) is 55.4 Å². The number of benzene rings is 1. The molecule has 1 N–H and O–H groups in total. The Morgan fingerprint density at radius 1 is 1.56 bits per heavy atom. The van der Waals surface area contributed by atoms with Crippen molar-refractivity contribution in [1.29, 1.82) is 0 Å². The van der Waals surface area contributed by atoms with Crippen LogP contribution in [0.15, 0.2) is 23.1 Å². The summed E-state index contributed by atoms with van der Waals surface area (Å²) in [5, 5.41) is 1.95. The number of hydrogen-bond acceptors (Lipinski definition) is 4. The Morgan fingerprint density at radius 2 is 2.33 bits per heavy atom. The van der Waals surface area contributed by atoms with Gasteiger partial charge in [0.1, 0.15) is 5.82 Å². The molecule has 0 spiro atoms. The number of hydrogen-bond donors (Lipinski definition) is 1. The monoisotopic (exact) mass is 269 g/mol. The maximum absolute atomic E-state index is 13.6. The van der Waals surface area contributed by atoms with Crippen LogP contribution in [0.25, 0.3) is 0 Å². The normalized spacial score (nSPS) is 17.9. The molecule has 0 saturated heterocycles. The van der Waals surface area contributed by atoms with Crippen molar-refractivity contribution < 1.29 is 18.7 Å². The van der Waals surface area contributed by atoms with E-state index in [0.717, 1.165) is 11.8 Å². The fraction of sp³-hybridized carbons (Fsp3) is 0.333. The quantitative estimate of drug-likeness (QED) is 0.855. The SMILES string of the molecule is CCOC(=O)CC1Sc2c(F)cccc2NC1=O. The molecule has 1 atom stereocenters. The van der Waals surface area contributed by atoms with Crippen molar-refractivity contribution in [3.8, 4) is 0 Å². The number of nitrogens with one attached hydrogen (secondary N) is 1. The highest BCUT2D eigenvalue weighted by molar-refractivity contribution is 8.01. The zero-order valence-electron chi connectivity index (χ0n) is 9.73. The van der Waals surface area contributed by atoms with Crippen LogP contribution in [0.2, 0.25) is 0 Å². The van der Waals surface area contributed by atoms with Crippen molar-refractivity contribution in [2.24, 2.45) is 0 Å². The molecule has 0 bridgehead atoms. The van der Waals surface area contributed by atoms with Gasteiger partial charge >= 0.3 is 5.97 Å². The summed E-state index contributed by atoms with van der Waals surface area (Å²) in [6, 6.07) is 4.48. The molecule has 0 aromatic heterocycles. The van der Waals surface area contributed by atoms with Gasteiger partial charge < -0.3 is 10.1 Å². The van der Waals surface area contributed by atoms with Crippen molar-refractivity contribution in [3.05, 3.63) is 24.0 Å². The van der Waals surface area contributed by atoms with E-state index >= 15 is 0 Å². The lowest BCUT2D eigenvalue weighted by molar-refractivity contribution is -0.143. The highest BCUT2D eigenvalue weighted by Gasteiger charge is 2.30. The minimum Gasteiger partial charge on any atom is -0.466 e. The van der Waals surface area contributed by atoms with E-state index in [1.165, 1.54) is 12.1 Å². The van der Waals surface area contributed by atoms with Gasteiger partial charge in [0.05, 0.1) is 28.9 Å². The van der Waals surface area contributed by atoms with Crippen LogP contribution >= 0.6 is 11.8 Å². The van der Waals surface area contributed by atoms with E-state index in [2.05, 4.69) is 5.32 Å². The molecule has 96 valence electrons. The summed E-state index contributed by atoms with van der Waals surface area (Å²) in [5.41, 5.74) is 0.449. The minimum atomic E-state index is -0.645. The molecule has 1 aliphatic rings. The lowest BCUT2D eigenvalue weighted by Crippen LogP contribution is -2.31. The van der Waals surface area contributed by atoms with Crippen LogP contribution in [-0.4, -0.2) is 23.7 Å². The van der Waals surface area contributed by atoms with Gasteiger partial charge in [-0.3, -0.25) is 9.59 Å². The van der Waals surface area contributed by atoms with E-state index in [-0.39, 0.29) is 18.9 Å². The number of amides is 1. The molecule has 0 saturated carbocycles. The molecule has 1 unspecified atom stereocenters. The highest BCUT2D eigenvalue weighted by Crippen LogP contribution is 2.38. The van der Waals surface area contributed by atoms with Crippen molar-refractivity contribution >= 4 is 29.3 Å². The molecule has 4 nitrogen and oxygen atoms in total. The Kier molecular flexibility index (Phi) is 3.86. The second-order valence-corrected chi connectivity index (χ2v) is 4.93. The Labute approximate surface area is 108 Å². The van der Waals surface area contributed by atoms with Crippen LogP contribution in [0, 0.1) is 5.82 Å². The summed E-state index contributed by atoms with van der Waals surface area (Å²) in [7, 11) is 0. The summed E-state index contributed by atoms with van der Waals surface area (Å²) >= 11 is 1.06. The standard InChI is InChI=1S/C12H12FNO3S/c1-2-17-10(15)6-9-12(16)14-8-5-3-4-7(13)11(8)18-9/h3-5,9H,2,6H2,1H3,(H,14,16). The number of halogens is 1. The average molecular weight is 269 g/mol. The molecule has 1 aromatic carbocycles. The van der Waals surface area contributed by atoms with Crippen LogP contribution in [0.5, 0.6) is 0 Å². The number of carbonyl (C=O) groups excluding carboxylic acids is 2. The van der Waals surface area contributed by atoms with Gasteiger partial charge in [0.25, 0.3) is 0 Å². The summed E-state index contributed by atoms with van der Waals surface area (Å²) in [6.07, 6.45) is -0.0574. The van der Waals surface area contributed by atoms with Gasteiger partial charge in [-0.2, -0.15) is 0 Å². The molecular weight excluding hydrogens is 257 g/mol. The van der Waals surface area contributed by atoms with Crippen LogP contribution in [0.1, 0.15) is 13.3 Å². The summed E-state index contributed by atoms with van der Waals surface area (Å²) in [4.78, 5) is 23.5. The summed E-state index contributed by atoms with van der Waals surface area (Å²) in [5.74, 6) is -1.15. The highest BCUT2D eigenvalue weighted by atomic mass is 32.2. The molecule has 18 heavy (non-hydrogen) atoms. The third kappa shape index (κ3) is 2.64. The lowest BCUT2D eigenvalue weighted by Gasteiger charge is -2.23. The van der Waals surface area contributed by atoms with Gasteiger partial charge in [0.2, 0.25) is 5.91 Å². The lowest BCUT2D eigenvalue weighted by atomic mass is 10.2. The maximum Gasteiger partial charge on any atom is 0.307 e. The first-order chi connectivity index (χ1) is 8.61. The van der Waals surface area contributed by atoms with E-state index in [4.69, 9.17) is 4.74 Å². The number of carbonyl (C=O) groups is 2. The molecule has 0 radical (unpaired) electrons. The Bertz CT molecular complexity index is 492. The molecule has 1 amide bonds. The van der Waals surface area contributed by atoms with Crippen LogP contribution in [0.4, 0.5) is 10.1 Å². The number of rotatable bonds is 3. The number of esters is 1. The first-order valence-corrected chi connectivity index (χ1v) is 6.41. The fourth-order valence-electron chi connectivity index (χ4n) is 1.64. The second-order valence-electron chi connectivity index (χ2n) is 3.72. The molecule has 1 heterocycles.